The zero-order chi connectivity index (χ0) is 24.1. The van der Waals surface area contributed by atoms with Crippen LogP contribution in [0.4, 0.5) is 8.78 Å². The van der Waals surface area contributed by atoms with Crippen LogP contribution in [0.1, 0.15) is 5.56 Å². The minimum absolute atomic E-state index is 0.0236. The SMILES string of the molecule is COc1ccc(-c2coc3cc(OCC(O)CNCc4cc(F)cc(F)c4)ccc3c2=O)cc1. The molecule has 0 fully saturated rings. The summed E-state index contributed by atoms with van der Waals surface area (Å²) in [6, 6.07) is 15.2. The van der Waals surface area contributed by atoms with E-state index in [9.17, 15) is 18.7 Å². The van der Waals surface area contributed by atoms with Gasteiger partial charge in [-0.15, -0.1) is 0 Å². The number of hydrogen-bond acceptors (Lipinski definition) is 6. The normalized spacial score (nSPS) is 12.0. The molecule has 1 heterocycles. The highest BCUT2D eigenvalue weighted by atomic mass is 19.1. The summed E-state index contributed by atoms with van der Waals surface area (Å²) < 4.78 is 42.9. The van der Waals surface area contributed by atoms with Gasteiger partial charge < -0.3 is 24.3 Å². The lowest BCUT2D eigenvalue weighted by atomic mass is 10.1. The fourth-order valence-corrected chi connectivity index (χ4v) is 3.52. The summed E-state index contributed by atoms with van der Waals surface area (Å²) in [5, 5.41) is 13.5. The first-order valence-electron chi connectivity index (χ1n) is 10.6. The molecular weight excluding hydrogens is 444 g/mol. The molecule has 4 aromatic rings. The molecule has 8 heteroatoms. The first-order valence-corrected chi connectivity index (χ1v) is 10.6. The third-order valence-corrected chi connectivity index (χ3v) is 5.22. The fourth-order valence-electron chi connectivity index (χ4n) is 3.52. The van der Waals surface area contributed by atoms with Gasteiger partial charge in [-0.2, -0.15) is 0 Å². The van der Waals surface area contributed by atoms with Crippen molar-refractivity contribution in [1.29, 1.82) is 0 Å². The van der Waals surface area contributed by atoms with Crippen molar-refractivity contribution < 1.29 is 27.8 Å². The summed E-state index contributed by atoms with van der Waals surface area (Å²) in [4.78, 5) is 12.9. The second-order valence-electron chi connectivity index (χ2n) is 7.74. The minimum Gasteiger partial charge on any atom is -0.497 e. The van der Waals surface area contributed by atoms with Gasteiger partial charge in [-0.3, -0.25) is 4.79 Å². The Balaban J connectivity index is 1.36. The Hall–Kier alpha value is -3.75. The van der Waals surface area contributed by atoms with Crippen LogP contribution in [0, 0.1) is 11.6 Å². The van der Waals surface area contributed by atoms with Crippen LogP contribution < -0.4 is 20.2 Å². The van der Waals surface area contributed by atoms with Crippen LogP contribution in [0.5, 0.6) is 11.5 Å². The number of rotatable bonds is 9. The van der Waals surface area contributed by atoms with Crippen LogP contribution >= 0.6 is 0 Å². The van der Waals surface area contributed by atoms with Crippen molar-refractivity contribution in [2.24, 2.45) is 0 Å². The van der Waals surface area contributed by atoms with Crippen molar-refractivity contribution in [3.05, 3.63) is 94.3 Å². The molecule has 34 heavy (non-hydrogen) atoms. The smallest absolute Gasteiger partial charge is 0.200 e. The quantitative estimate of drug-likeness (QED) is 0.383. The van der Waals surface area contributed by atoms with Crippen LogP contribution in [0.15, 0.2) is 76.1 Å². The predicted molar refractivity (Wildman–Crippen MR) is 124 cm³/mol. The van der Waals surface area contributed by atoms with Crippen LogP contribution in [-0.2, 0) is 6.54 Å². The average Bonchev–Trinajstić information content (AvgIpc) is 2.82. The van der Waals surface area contributed by atoms with E-state index in [2.05, 4.69) is 5.32 Å². The number of benzene rings is 3. The minimum atomic E-state index is -0.862. The predicted octanol–water partition coefficient (Wildman–Crippen LogP) is 4.28. The molecule has 0 spiro atoms. The molecule has 4 rings (SSSR count). The summed E-state index contributed by atoms with van der Waals surface area (Å²) in [6.45, 7) is 0.333. The van der Waals surface area contributed by atoms with Crippen molar-refractivity contribution in [3.8, 4) is 22.6 Å². The van der Waals surface area contributed by atoms with E-state index in [4.69, 9.17) is 13.9 Å². The highest BCUT2D eigenvalue weighted by Crippen LogP contribution is 2.24. The Bertz CT molecular complexity index is 1320. The van der Waals surface area contributed by atoms with Gasteiger partial charge in [0.05, 0.1) is 18.1 Å². The molecule has 0 radical (unpaired) electrons. The maximum atomic E-state index is 13.2. The number of ether oxygens (including phenoxy) is 2. The van der Waals surface area contributed by atoms with Crippen molar-refractivity contribution >= 4 is 11.0 Å². The summed E-state index contributed by atoms with van der Waals surface area (Å²) in [5.41, 5.74) is 1.78. The third-order valence-electron chi connectivity index (χ3n) is 5.22. The topological polar surface area (TPSA) is 80.9 Å². The second-order valence-corrected chi connectivity index (χ2v) is 7.74. The lowest BCUT2D eigenvalue weighted by Crippen LogP contribution is -2.31. The number of aliphatic hydroxyl groups is 1. The van der Waals surface area contributed by atoms with E-state index >= 15 is 0 Å². The van der Waals surface area contributed by atoms with Gasteiger partial charge in [0.15, 0.2) is 5.43 Å². The van der Waals surface area contributed by atoms with Gasteiger partial charge >= 0.3 is 0 Å². The van der Waals surface area contributed by atoms with Crippen LogP contribution in [0.25, 0.3) is 22.1 Å². The van der Waals surface area contributed by atoms with Gasteiger partial charge in [-0.25, -0.2) is 8.78 Å². The third kappa shape index (κ3) is 5.59. The van der Waals surface area contributed by atoms with E-state index in [0.29, 0.717) is 39.2 Å². The molecule has 1 unspecified atom stereocenters. The number of fused-ring (bicyclic) bond motifs is 1. The largest absolute Gasteiger partial charge is 0.497 e. The van der Waals surface area contributed by atoms with Gasteiger partial charge in [0.25, 0.3) is 0 Å². The molecule has 176 valence electrons. The van der Waals surface area contributed by atoms with Crippen LogP contribution in [0.3, 0.4) is 0 Å². The van der Waals surface area contributed by atoms with Gasteiger partial charge in [-0.1, -0.05) is 12.1 Å². The van der Waals surface area contributed by atoms with Crippen molar-refractivity contribution in [1.82, 2.24) is 5.32 Å². The Morgan fingerprint density at radius 1 is 1.00 bits per heavy atom. The van der Waals surface area contributed by atoms with Crippen LogP contribution in [-0.4, -0.2) is 31.5 Å². The molecule has 0 amide bonds. The number of nitrogens with one attached hydrogen (secondary N) is 1. The molecule has 1 atom stereocenters. The summed E-state index contributed by atoms with van der Waals surface area (Å²) in [7, 11) is 1.57. The van der Waals surface area contributed by atoms with E-state index in [1.165, 1.54) is 18.4 Å². The average molecular weight is 467 g/mol. The molecule has 0 aliphatic heterocycles. The number of halogens is 2. The Morgan fingerprint density at radius 3 is 2.41 bits per heavy atom. The summed E-state index contributed by atoms with van der Waals surface area (Å²) in [5.74, 6) is -0.186. The van der Waals surface area contributed by atoms with Gasteiger partial charge in [0.1, 0.15) is 47.7 Å². The molecular formula is C26H23F2NO5. The zero-order valence-corrected chi connectivity index (χ0v) is 18.4. The van der Waals surface area contributed by atoms with Crippen LogP contribution in [0.2, 0.25) is 0 Å². The van der Waals surface area contributed by atoms with E-state index in [-0.39, 0.29) is 25.1 Å². The first kappa shape index (κ1) is 23.4. The van der Waals surface area contributed by atoms with E-state index in [1.54, 1.807) is 49.6 Å². The standard InChI is InChI=1S/C26H23F2NO5/c1-32-21-4-2-17(3-5-21)24-15-34-25-11-22(6-7-23(25)26(24)31)33-14-20(30)13-29-12-16-8-18(27)10-19(28)9-16/h2-11,15,20,29-30H,12-14H2,1H3. The summed E-state index contributed by atoms with van der Waals surface area (Å²) >= 11 is 0. The Kier molecular flexibility index (Phi) is 7.20. The van der Waals surface area contributed by atoms with Gasteiger partial charge in [0.2, 0.25) is 0 Å². The molecule has 3 aromatic carbocycles. The first-order chi connectivity index (χ1) is 16.4. The number of hydrogen-bond donors (Lipinski definition) is 2. The molecule has 6 nitrogen and oxygen atoms in total. The number of aliphatic hydroxyl groups excluding tert-OH is 1. The van der Waals surface area contributed by atoms with Gasteiger partial charge in [0, 0.05) is 25.2 Å². The van der Waals surface area contributed by atoms with E-state index in [0.717, 1.165) is 6.07 Å². The Morgan fingerprint density at radius 2 is 1.71 bits per heavy atom. The molecule has 0 bridgehead atoms. The van der Waals surface area contributed by atoms with Crippen molar-refractivity contribution in [3.63, 3.8) is 0 Å². The highest BCUT2D eigenvalue weighted by Gasteiger charge is 2.12. The van der Waals surface area contributed by atoms with Crippen molar-refractivity contribution in [2.75, 3.05) is 20.3 Å². The lowest BCUT2D eigenvalue weighted by molar-refractivity contribution is 0.106. The maximum Gasteiger partial charge on any atom is 0.200 e. The molecule has 2 N–H and O–H groups in total. The fraction of sp³-hybridized carbons (Fsp3) is 0.192. The lowest BCUT2D eigenvalue weighted by Gasteiger charge is -2.14. The van der Waals surface area contributed by atoms with E-state index in [1.807, 2.05) is 0 Å². The summed E-state index contributed by atoms with van der Waals surface area (Å²) in [6.07, 6.45) is 0.545. The Labute approximate surface area is 194 Å². The van der Waals surface area contributed by atoms with Gasteiger partial charge in [-0.05, 0) is 47.5 Å². The van der Waals surface area contributed by atoms with Crippen molar-refractivity contribution in [2.45, 2.75) is 12.6 Å². The second kappa shape index (κ2) is 10.5. The zero-order valence-electron chi connectivity index (χ0n) is 18.4. The number of methoxy groups -OCH3 is 1. The monoisotopic (exact) mass is 467 g/mol. The maximum absolute atomic E-state index is 13.2. The van der Waals surface area contributed by atoms with E-state index < -0.39 is 17.7 Å². The molecule has 1 aromatic heterocycles. The molecule has 0 aliphatic rings. The molecule has 0 saturated heterocycles. The molecule has 0 aliphatic carbocycles. The highest BCUT2D eigenvalue weighted by molar-refractivity contribution is 5.82. The molecule has 0 saturated carbocycles.